The van der Waals surface area contributed by atoms with Crippen molar-refractivity contribution in [3.8, 4) is 17.2 Å². The molecule has 0 N–H and O–H groups in total. The molecule has 1 aliphatic heterocycles. The Hall–Kier alpha value is -2.89. The van der Waals surface area contributed by atoms with E-state index in [1.165, 1.54) is 48.0 Å². The van der Waals surface area contributed by atoms with Crippen LogP contribution in [0.15, 0.2) is 36.4 Å². The first-order valence-corrected chi connectivity index (χ1v) is 12.3. The van der Waals surface area contributed by atoms with Crippen molar-refractivity contribution in [1.82, 2.24) is 9.21 Å². The zero-order chi connectivity index (χ0) is 24.3. The third-order valence-corrected chi connectivity index (χ3v) is 7.12. The van der Waals surface area contributed by atoms with Crippen LogP contribution in [0.1, 0.15) is 23.2 Å². The second-order valence-electron chi connectivity index (χ2n) is 7.64. The van der Waals surface area contributed by atoms with Gasteiger partial charge in [-0.1, -0.05) is 11.6 Å². The lowest BCUT2D eigenvalue weighted by Gasteiger charge is -2.35. The topological polar surface area (TPSA) is 119 Å². The Morgan fingerprint density at radius 1 is 1.15 bits per heavy atom. The first-order valence-electron chi connectivity index (χ1n) is 10.0. The second-order valence-corrected chi connectivity index (χ2v) is 10.1. The molecular formula is C21H24ClN3O7S. The fourth-order valence-electron chi connectivity index (χ4n) is 3.61. The van der Waals surface area contributed by atoms with Crippen LogP contribution in [0.2, 0.25) is 5.02 Å². The van der Waals surface area contributed by atoms with Gasteiger partial charge in [0.15, 0.2) is 11.5 Å². The molecule has 1 fully saturated rings. The first-order chi connectivity index (χ1) is 15.5. The lowest BCUT2D eigenvalue weighted by atomic mass is 10.0. The van der Waals surface area contributed by atoms with Crippen LogP contribution in [0.4, 0.5) is 5.69 Å². The fraction of sp³-hybridized carbons (Fsp3) is 0.381. The number of likely N-dealkylation sites (tertiary alicyclic amines) is 1. The van der Waals surface area contributed by atoms with Crippen molar-refractivity contribution < 1.29 is 27.6 Å². The fourth-order valence-corrected chi connectivity index (χ4v) is 4.53. The van der Waals surface area contributed by atoms with Gasteiger partial charge >= 0.3 is 5.69 Å². The van der Waals surface area contributed by atoms with Gasteiger partial charge in [0.1, 0.15) is 0 Å². The van der Waals surface area contributed by atoms with E-state index in [1.807, 2.05) is 0 Å². The highest BCUT2D eigenvalue weighted by molar-refractivity contribution is 7.88. The number of ether oxygens (including phenoxy) is 2. The van der Waals surface area contributed by atoms with Crippen LogP contribution < -0.4 is 9.47 Å². The van der Waals surface area contributed by atoms with E-state index in [2.05, 4.69) is 0 Å². The van der Waals surface area contributed by atoms with Gasteiger partial charge in [-0.25, -0.2) is 12.7 Å². The van der Waals surface area contributed by atoms with E-state index >= 15 is 0 Å². The molecule has 0 spiro atoms. The number of nitro groups is 1. The molecule has 10 nitrogen and oxygen atoms in total. The van der Waals surface area contributed by atoms with Gasteiger partial charge in [0.05, 0.1) is 18.3 Å². The second kappa shape index (κ2) is 9.94. The summed E-state index contributed by atoms with van der Waals surface area (Å²) in [4.78, 5) is 25.3. The molecule has 0 atom stereocenters. The molecule has 33 heavy (non-hydrogen) atoms. The SMILES string of the molecule is COc1cc(C(=O)N2CCC(N(C)S(C)(=O)=O)CC2)ccc1Oc1ccc(Cl)cc1[N+](=O)[O-]. The first kappa shape index (κ1) is 24.7. The van der Waals surface area contributed by atoms with E-state index in [1.54, 1.807) is 18.0 Å². The summed E-state index contributed by atoms with van der Waals surface area (Å²) in [6.07, 6.45) is 2.24. The quantitative estimate of drug-likeness (QED) is 0.423. The molecule has 1 aliphatic rings. The average Bonchev–Trinajstić information content (AvgIpc) is 2.78. The highest BCUT2D eigenvalue weighted by Crippen LogP contribution is 2.38. The van der Waals surface area contributed by atoms with Gasteiger partial charge in [-0.3, -0.25) is 14.9 Å². The van der Waals surface area contributed by atoms with E-state index in [4.69, 9.17) is 21.1 Å². The van der Waals surface area contributed by atoms with E-state index in [9.17, 15) is 23.3 Å². The summed E-state index contributed by atoms with van der Waals surface area (Å²) in [7, 11) is -0.343. The number of carbonyl (C=O) groups excluding carboxylic acids is 1. The number of piperidine rings is 1. The van der Waals surface area contributed by atoms with Gasteiger partial charge < -0.3 is 14.4 Å². The van der Waals surface area contributed by atoms with Crippen LogP contribution in [0, 0.1) is 10.1 Å². The average molecular weight is 498 g/mol. The number of carbonyl (C=O) groups is 1. The number of sulfonamides is 1. The molecule has 0 unspecified atom stereocenters. The molecule has 0 saturated carbocycles. The number of hydrogen-bond acceptors (Lipinski definition) is 7. The van der Waals surface area contributed by atoms with Crippen molar-refractivity contribution in [2.24, 2.45) is 0 Å². The van der Waals surface area contributed by atoms with Crippen LogP contribution in [0.5, 0.6) is 17.2 Å². The van der Waals surface area contributed by atoms with Crippen molar-refractivity contribution in [3.05, 3.63) is 57.1 Å². The standard InChI is InChI=1S/C21H24ClN3O7S/c1-23(33(3,29)30)16-8-10-24(11-9-16)21(26)14-4-6-19(20(12-14)31-2)32-18-7-5-15(22)13-17(18)25(27)28/h4-7,12-13,16H,8-11H2,1-3H3. The maximum atomic E-state index is 13.0. The number of hydrogen-bond donors (Lipinski definition) is 0. The zero-order valence-electron chi connectivity index (χ0n) is 18.4. The molecule has 0 radical (unpaired) electrons. The van der Waals surface area contributed by atoms with E-state index in [0.29, 0.717) is 31.5 Å². The van der Waals surface area contributed by atoms with Gasteiger partial charge in [-0.05, 0) is 43.2 Å². The molecule has 3 rings (SSSR count). The predicted molar refractivity (Wildman–Crippen MR) is 123 cm³/mol. The monoisotopic (exact) mass is 497 g/mol. The maximum absolute atomic E-state index is 13.0. The molecule has 0 bridgehead atoms. The van der Waals surface area contributed by atoms with Crippen LogP contribution >= 0.6 is 11.6 Å². The van der Waals surface area contributed by atoms with Gasteiger partial charge in [0.2, 0.25) is 15.8 Å². The molecule has 2 aromatic rings. The van der Waals surface area contributed by atoms with Gasteiger partial charge in [-0.2, -0.15) is 0 Å². The van der Waals surface area contributed by atoms with Crippen LogP contribution in [-0.2, 0) is 10.0 Å². The summed E-state index contributed by atoms with van der Waals surface area (Å²) in [6.45, 7) is 0.835. The minimum Gasteiger partial charge on any atom is -0.493 e. The highest BCUT2D eigenvalue weighted by atomic mass is 35.5. The Morgan fingerprint density at radius 2 is 1.79 bits per heavy atom. The van der Waals surface area contributed by atoms with E-state index in [0.717, 1.165) is 0 Å². The smallest absolute Gasteiger partial charge is 0.313 e. The lowest BCUT2D eigenvalue weighted by molar-refractivity contribution is -0.385. The number of nitro benzene ring substituents is 1. The highest BCUT2D eigenvalue weighted by Gasteiger charge is 2.30. The molecule has 1 amide bonds. The van der Waals surface area contributed by atoms with Crippen molar-refractivity contribution in [3.63, 3.8) is 0 Å². The Kier molecular flexibility index (Phi) is 7.45. The number of amides is 1. The molecule has 2 aromatic carbocycles. The number of methoxy groups -OCH3 is 1. The summed E-state index contributed by atoms with van der Waals surface area (Å²) >= 11 is 5.84. The summed E-state index contributed by atoms with van der Waals surface area (Å²) in [6, 6.07) is 8.46. The molecular weight excluding hydrogens is 474 g/mol. The molecule has 0 aromatic heterocycles. The molecule has 1 heterocycles. The van der Waals surface area contributed by atoms with Crippen LogP contribution in [0.3, 0.4) is 0 Å². The van der Waals surface area contributed by atoms with E-state index in [-0.39, 0.29) is 39.9 Å². The minimum absolute atomic E-state index is 0.0150. The van der Waals surface area contributed by atoms with Crippen molar-refractivity contribution in [2.75, 3.05) is 33.5 Å². The largest absolute Gasteiger partial charge is 0.493 e. The molecule has 0 aliphatic carbocycles. The lowest BCUT2D eigenvalue weighted by Crippen LogP contribution is -2.47. The predicted octanol–water partition coefficient (Wildman–Crippen LogP) is 3.55. The Bertz CT molecular complexity index is 1160. The summed E-state index contributed by atoms with van der Waals surface area (Å²) < 4.78 is 35.9. The third-order valence-electron chi connectivity index (χ3n) is 5.54. The molecule has 1 saturated heterocycles. The van der Waals surface area contributed by atoms with Gasteiger partial charge in [-0.15, -0.1) is 0 Å². The van der Waals surface area contributed by atoms with Gasteiger partial charge in [0, 0.05) is 42.8 Å². The summed E-state index contributed by atoms with van der Waals surface area (Å²) in [5, 5.41) is 11.5. The van der Waals surface area contributed by atoms with E-state index < -0.39 is 14.9 Å². The number of nitrogens with zero attached hydrogens (tertiary/aromatic N) is 3. The molecule has 178 valence electrons. The summed E-state index contributed by atoms with van der Waals surface area (Å²) in [5.41, 5.74) is 0.0614. The minimum atomic E-state index is -3.29. The maximum Gasteiger partial charge on any atom is 0.313 e. The molecule has 12 heteroatoms. The number of benzene rings is 2. The normalized spacial score (nSPS) is 14.9. The third kappa shape index (κ3) is 5.73. The number of halogens is 1. The Balaban J connectivity index is 1.75. The van der Waals surface area contributed by atoms with Crippen LogP contribution in [-0.4, -0.2) is 68.0 Å². The van der Waals surface area contributed by atoms with Crippen LogP contribution in [0.25, 0.3) is 0 Å². The van der Waals surface area contributed by atoms with Crippen molar-refractivity contribution >= 4 is 33.2 Å². The van der Waals surface area contributed by atoms with Gasteiger partial charge in [0.25, 0.3) is 5.91 Å². The summed E-state index contributed by atoms with van der Waals surface area (Å²) in [5.74, 6) is 0.196. The van der Waals surface area contributed by atoms with Crippen molar-refractivity contribution in [2.45, 2.75) is 18.9 Å². The Morgan fingerprint density at radius 3 is 2.36 bits per heavy atom. The zero-order valence-corrected chi connectivity index (χ0v) is 19.9. The van der Waals surface area contributed by atoms with Crippen molar-refractivity contribution in [1.29, 1.82) is 0 Å². The Labute approximate surface area is 196 Å². The number of rotatable bonds is 7.